The van der Waals surface area contributed by atoms with Crippen LogP contribution in [0.5, 0.6) is 0 Å². The zero-order chi connectivity index (χ0) is 29.7. The molecule has 0 aliphatic heterocycles. The van der Waals surface area contributed by atoms with E-state index in [1.165, 1.54) is 19.2 Å². The van der Waals surface area contributed by atoms with Crippen LogP contribution in [0.15, 0.2) is 54.6 Å². The van der Waals surface area contributed by atoms with Gasteiger partial charge in [0, 0.05) is 25.8 Å². The van der Waals surface area contributed by atoms with Gasteiger partial charge in [0.1, 0.15) is 6.04 Å². The molecule has 2 aromatic carbocycles. The van der Waals surface area contributed by atoms with Gasteiger partial charge in [0.15, 0.2) is 0 Å². The van der Waals surface area contributed by atoms with Crippen molar-refractivity contribution in [2.75, 3.05) is 46.6 Å². The van der Waals surface area contributed by atoms with Gasteiger partial charge in [0.2, 0.25) is 17.7 Å². The van der Waals surface area contributed by atoms with Crippen LogP contribution in [0, 0.1) is 0 Å². The van der Waals surface area contributed by atoms with Gasteiger partial charge in [-0.1, -0.05) is 36.4 Å². The summed E-state index contributed by atoms with van der Waals surface area (Å²) in [6.45, 7) is 1.10. The molecule has 12 heteroatoms. The third kappa shape index (κ3) is 10.2. The number of hydrogen-bond donors (Lipinski definition) is 5. The molecule has 5 N–H and O–H groups in total. The molecule has 2 rings (SSSR count). The second kappa shape index (κ2) is 15.9. The number of likely N-dealkylation sites (N-methyl/N-ethyl adjacent to an activating group) is 4. The molecule has 9 nitrogen and oxygen atoms in total. The van der Waals surface area contributed by atoms with Gasteiger partial charge < -0.3 is 31.5 Å². The molecule has 0 spiro atoms. The number of nitrogens with zero attached hydrogens (tertiary/aromatic N) is 1. The highest BCUT2D eigenvalue weighted by Crippen LogP contribution is 2.30. The van der Waals surface area contributed by atoms with Crippen molar-refractivity contribution in [3.63, 3.8) is 0 Å². The Balaban J connectivity index is 2.17. The maximum absolute atomic E-state index is 13.2. The minimum Gasteiger partial charge on any atom is -0.343 e. The third-order valence-electron chi connectivity index (χ3n) is 6.52. The highest BCUT2D eigenvalue weighted by Gasteiger charge is 2.31. The summed E-state index contributed by atoms with van der Waals surface area (Å²) < 4.78 is 39.5. The Bertz CT molecular complexity index is 1090. The third-order valence-corrected chi connectivity index (χ3v) is 6.52. The minimum atomic E-state index is -4.57. The van der Waals surface area contributed by atoms with Crippen molar-refractivity contribution in [3.05, 3.63) is 65.7 Å². The first-order valence-corrected chi connectivity index (χ1v) is 13.0. The first-order chi connectivity index (χ1) is 19.0. The number of rotatable bonds is 15. The number of amides is 3. The predicted molar refractivity (Wildman–Crippen MR) is 149 cm³/mol. The normalized spacial score (nSPS) is 13.0. The number of carbonyl (C=O) groups is 3. The fraction of sp³-hybridized carbons (Fsp3) is 0.464. The highest BCUT2D eigenvalue weighted by molar-refractivity contribution is 5.98. The van der Waals surface area contributed by atoms with Crippen LogP contribution in [0.2, 0.25) is 0 Å². The number of benzene rings is 2. The fourth-order valence-electron chi connectivity index (χ4n) is 4.16. The van der Waals surface area contributed by atoms with Crippen LogP contribution < -0.4 is 26.6 Å². The molecule has 0 saturated carbocycles. The van der Waals surface area contributed by atoms with Crippen molar-refractivity contribution in [1.29, 1.82) is 0 Å². The number of aryl methyl sites for hydroxylation is 1. The summed E-state index contributed by atoms with van der Waals surface area (Å²) in [6, 6.07) is 11.5. The Hall–Kier alpha value is -3.48. The van der Waals surface area contributed by atoms with Crippen LogP contribution in [0.4, 0.5) is 18.9 Å². The maximum atomic E-state index is 13.2. The Morgan fingerprint density at radius 3 is 2.10 bits per heavy atom. The molecule has 0 heterocycles. The van der Waals surface area contributed by atoms with Crippen molar-refractivity contribution < 1.29 is 27.6 Å². The van der Waals surface area contributed by atoms with Gasteiger partial charge in [0.25, 0.3) is 0 Å². The molecule has 3 amide bonds. The van der Waals surface area contributed by atoms with Crippen LogP contribution in [0.25, 0.3) is 0 Å². The standard InChI is InChI=1S/C28H39F3N6O3/c1-32-17-22(18-33-2)37(4)25(38)16-24(34-3)27(40)36-23(14-13-19-9-6-5-7-10-19)26(39)35-21-12-8-11-20(15-21)28(29,30)31/h5-12,15,22-24,32-34H,13-14,16-18H2,1-4H3,(H,35,39)(H,36,40). The molecule has 0 saturated heterocycles. The summed E-state index contributed by atoms with van der Waals surface area (Å²) in [5.74, 6) is -1.50. The van der Waals surface area contributed by atoms with Crippen LogP contribution in [-0.2, 0) is 27.0 Å². The quantitative estimate of drug-likeness (QED) is 0.226. The molecule has 2 atom stereocenters. The number of carbonyl (C=O) groups excluding carboxylic acids is 3. The highest BCUT2D eigenvalue weighted by atomic mass is 19.4. The molecule has 0 radical (unpaired) electrons. The van der Waals surface area contributed by atoms with Crippen molar-refractivity contribution in [2.45, 2.75) is 43.6 Å². The van der Waals surface area contributed by atoms with E-state index in [1.807, 2.05) is 30.3 Å². The number of halogens is 3. The molecular formula is C28H39F3N6O3. The summed E-state index contributed by atoms with van der Waals surface area (Å²) in [5, 5.41) is 14.1. The monoisotopic (exact) mass is 564 g/mol. The van der Waals surface area contributed by atoms with Crippen molar-refractivity contribution >= 4 is 23.4 Å². The summed E-state index contributed by atoms with van der Waals surface area (Å²) in [4.78, 5) is 40.9. The Morgan fingerprint density at radius 1 is 0.875 bits per heavy atom. The van der Waals surface area contributed by atoms with E-state index >= 15 is 0 Å². The predicted octanol–water partition coefficient (Wildman–Crippen LogP) is 2.01. The molecule has 0 aliphatic carbocycles. The largest absolute Gasteiger partial charge is 0.416 e. The van der Waals surface area contributed by atoms with E-state index in [4.69, 9.17) is 0 Å². The van der Waals surface area contributed by atoms with E-state index in [0.717, 1.165) is 17.7 Å². The minimum absolute atomic E-state index is 0.0409. The topological polar surface area (TPSA) is 115 Å². The van der Waals surface area contributed by atoms with Gasteiger partial charge in [-0.15, -0.1) is 0 Å². The lowest BCUT2D eigenvalue weighted by Gasteiger charge is -2.29. The van der Waals surface area contributed by atoms with Gasteiger partial charge in [-0.2, -0.15) is 13.2 Å². The van der Waals surface area contributed by atoms with E-state index in [9.17, 15) is 27.6 Å². The molecule has 2 unspecified atom stereocenters. The summed E-state index contributed by atoms with van der Waals surface area (Å²) in [6.07, 6.45) is -4.09. The molecule has 0 bridgehead atoms. The van der Waals surface area contributed by atoms with E-state index in [-0.39, 0.29) is 30.5 Å². The van der Waals surface area contributed by atoms with Gasteiger partial charge in [0.05, 0.1) is 24.1 Å². The molecule has 0 aliphatic rings. The van der Waals surface area contributed by atoms with Crippen LogP contribution in [0.3, 0.4) is 0 Å². The van der Waals surface area contributed by atoms with Crippen molar-refractivity contribution in [3.8, 4) is 0 Å². The molecule has 220 valence electrons. The lowest BCUT2D eigenvalue weighted by atomic mass is 10.0. The van der Waals surface area contributed by atoms with E-state index < -0.39 is 35.6 Å². The smallest absolute Gasteiger partial charge is 0.343 e. The van der Waals surface area contributed by atoms with Crippen LogP contribution >= 0.6 is 0 Å². The Morgan fingerprint density at radius 2 is 1.52 bits per heavy atom. The Kier molecular flexibility index (Phi) is 13.0. The number of hydrogen-bond acceptors (Lipinski definition) is 6. The zero-order valence-electron chi connectivity index (χ0n) is 23.3. The lowest BCUT2D eigenvalue weighted by Crippen LogP contribution is -2.53. The van der Waals surface area contributed by atoms with Crippen molar-refractivity contribution in [2.24, 2.45) is 0 Å². The number of anilines is 1. The summed E-state index contributed by atoms with van der Waals surface area (Å²) >= 11 is 0. The van der Waals surface area contributed by atoms with Gasteiger partial charge in [-0.25, -0.2) is 0 Å². The van der Waals surface area contributed by atoms with Gasteiger partial charge in [-0.05, 0) is 57.7 Å². The summed E-state index contributed by atoms with van der Waals surface area (Å²) in [7, 11) is 6.77. The molecule has 0 aromatic heterocycles. The van der Waals surface area contributed by atoms with Crippen molar-refractivity contribution in [1.82, 2.24) is 26.2 Å². The van der Waals surface area contributed by atoms with E-state index in [2.05, 4.69) is 26.6 Å². The van der Waals surface area contributed by atoms with E-state index in [0.29, 0.717) is 19.5 Å². The second-order valence-electron chi connectivity index (χ2n) is 9.47. The Labute approximate surface area is 233 Å². The maximum Gasteiger partial charge on any atom is 0.416 e. The molecule has 2 aromatic rings. The van der Waals surface area contributed by atoms with Crippen LogP contribution in [-0.4, -0.2) is 82.0 Å². The molecular weight excluding hydrogens is 525 g/mol. The fourth-order valence-corrected chi connectivity index (χ4v) is 4.16. The number of alkyl halides is 3. The average molecular weight is 565 g/mol. The van der Waals surface area contributed by atoms with E-state index in [1.54, 1.807) is 26.0 Å². The molecule has 40 heavy (non-hydrogen) atoms. The molecule has 0 fully saturated rings. The van der Waals surface area contributed by atoms with Gasteiger partial charge in [-0.3, -0.25) is 14.4 Å². The lowest BCUT2D eigenvalue weighted by molar-refractivity contribution is -0.137. The number of nitrogens with one attached hydrogen (secondary N) is 5. The first kappa shape index (κ1) is 32.7. The second-order valence-corrected chi connectivity index (χ2v) is 9.47. The average Bonchev–Trinajstić information content (AvgIpc) is 2.93. The van der Waals surface area contributed by atoms with Crippen LogP contribution in [0.1, 0.15) is 24.0 Å². The SMILES string of the molecule is CNCC(CNC)N(C)C(=O)CC(NC)C(=O)NC(CCc1ccccc1)C(=O)Nc1cccc(C(F)(F)F)c1. The zero-order valence-corrected chi connectivity index (χ0v) is 23.3. The summed E-state index contributed by atoms with van der Waals surface area (Å²) in [5.41, 5.74) is -0.0144. The first-order valence-electron chi connectivity index (χ1n) is 13.0. The van der Waals surface area contributed by atoms with Gasteiger partial charge >= 0.3 is 6.18 Å².